The normalized spacial score (nSPS) is 28.8. The van der Waals surface area contributed by atoms with Crippen molar-refractivity contribution in [1.29, 1.82) is 0 Å². The van der Waals surface area contributed by atoms with Crippen molar-refractivity contribution in [2.24, 2.45) is 11.3 Å². The van der Waals surface area contributed by atoms with Crippen LogP contribution in [0.4, 0.5) is 8.78 Å². The van der Waals surface area contributed by atoms with Crippen molar-refractivity contribution in [1.82, 2.24) is 0 Å². The minimum absolute atomic E-state index is 0.308. The van der Waals surface area contributed by atoms with E-state index >= 15 is 0 Å². The lowest BCUT2D eigenvalue weighted by Gasteiger charge is -2.12. The molecule has 0 bridgehead atoms. The van der Waals surface area contributed by atoms with Crippen LogP contribution in [0.2, 0.25) is 0 Å². The van der Waals surface area contributed by atoms with E-state index in [4.69, 9.17) is 16.3 Å². The predicted molar refractivity (Wildman–Crippen MR) is 54.1 cm³/mol. The summed E-state index contributed by atoms with van der Waals surface area (Å²) in [5.74, 6) is -0.314. The van der Waals surface area contributed by atoms with Crippen LogP contribution in [0.5, 0.6) is 0 Å². The van der Waals surface area contributed by atoms with Gasteiger partial charge in [0.2, 0.25) is 0 Å². The SMILES string of the molecule is COC(F)(F)/C(Cl)=C/C1C(OC=O)C1(C)C. The lowest BCUT2D eigenvalue weighted by Crippen LogP contribution is -2.19. The van der Waals surface area contributed by atoms with Crippen LogP contribution in [-0.4, -0.2) is 25.8 Å². The highest BCUT2D eigenvalue weighted by atomic mass is 35.5. The third-order valence-electron chi connectivity index (χ3n) is 2.87. The molecule has 3 nitrogen and oxygen atoms in total. The third kappa shape index (κ3) is 2.35. The first-order valence-electron chi connectivity index (χ1n) is 4.67. The zero-order valence-electron chi connectivity index (χ0n) is 9.17. The van der Waals surface area contributed by atoms with E-state index in [1.807, 2.05) is 0 Å². The Kier molecular flexibility index (Phi) is 3.59. The van der Waals surface area contributed by atoms with E-state index in [0.29, 0.717) is 6.47 Å². The highest BCUT2D eigenvalue weighted by Crippen LogP contribution is 2.55. The van der Waals surface area contributed by atoms with Crippen LogP contribution in [-0.2, 0) is 14.3 Å². The number of hydrogen-bond donors (Lipinski definition) is 0. The van der Waals surface area contributed by atoms with Gasteiger partial charge in [-0.05, 0) is 0 Å². The van der Waals surface area contributed by atoms with Gasteiger partial charge in [0, 0.05) is 18.4 Å². The zero-order valence-corrected chi connectivity index (χ0v) is 9.92. The lowest BCUT2D eigenvalue weighted by molar-refractivity contribution is -0.184. The van der Waals surface area contributed by atoms with Gasteiger partial charge in [-0.25, -0.2) is 0 Å². The monoisotopic (exact) mass is 254 g/mol. The topological polar surface area (TPSA) is 35.5 Å². The number of hydrogen-bond acceptors (Lipinski definition) is 3. The Morgan fingerprint density at radius 3 is 2.50 bits per heavy atom. The van der Waals surface area contributed by atoms with Gasteiger partial charge in [-0.3, -0.25) is 4.79 Å². The summed E-state index contributed by atoms with van der Waals surface area (Å²) < 4.78 is 34.6. The molecule has 2 unspecified atom stereocenters. The van der Waals surface area contributed by atoms with Gasteiger partial charge in [-0.2, -0.15) is 8.78 Å². The molecule has 0 aromatic rings. The first-order chi connectivity index (χ1) is 7.27. The summed E-state index contributed by atoms with van der Waals surface area (Å²) in [6, 6.07) is 0. The van der Waals surface area contributed by atoms with Crippen LogP contribution in [0.15, 0.2) is 11.1 Å². The molecule has 0 N–H and O–H groups in total. The Hall–Kier alpha value is -0.680. The molecule has 1 aliphatic rings. The molecule has 0 spiro atoms. The highest BCUT2D eigenvalue weighted by Gasteiger charge is 2.59. The number of carbonyl (C=O) groups is 1. The number of rotatable bonds is 5. The average Bonchev–Trinajstić information content (AvgIpc) is 2.70. The van der Waals surface area contributed by atoms with E-state index in [9.17, 15) is 13.6 Å². The Morgan fingerprint density at radius 1 is 1.50 bits per heavy atom. The summed E-state index contributed by atoms with van der Waals surface area (Å²) >= 11 is 5.44. The van der Waals surface area contributed by atoms with Gasteiger partial charge in [-0.15, -0.1) is 0 Å². The summed E-state index contributed by atoms with van der Waals surface area (Å²) in [6.45, 7) is 3.91. The fourth-order valence-corrected chi connectivity index (χ4v) is 1.82. The highest BCUT2D eigenvalue weighted by molar-refractivity contribution is 6.30. The van der Waals surface area contributed by atoms with Crippen molar-refractivity contribution in [3.8, 4) is 0 Å². The van der Waals surface area contributed by atoms with Gasteiger partial charge in [0.25, 0.3) is 6.47 Å². The van der Waals surface area contributed by atoms with Crippen LogP contribution in [0.1, 0.15) is 13.8 Å². The number of carbonyl (C=O) groups excluding carboxylic acids is 1. The molecule has 0 saturated heterocycles. The first-order valence-corrected chi connectivity index (χ1v) is 5.05. The maximum absolute atomic E-state index is 13.0. The molecule has 1 saturated carbocycles. The van der Waals surface area contributed by atoms with Gasteiger partial charge >= 0.3 is 6.11 Å². The molecule has 1 aliphatic carbocycles. The molecule has 92 valence electrons. The van der Waals surface area contributed by atoms with E-state index in [1.165, 1.54) is 6.08 Å². The maximum atomic E-state index is 13.0. The van der Waals surface area contributed by atoms with Gasteiger partial charge in [0.1, 0.15) is 11.1 Å². The third-order valence-corrected chi connectivity index (χ3v) is 3.22. The first kappa shape index (κ1) is 13.4. The van der Waals surface area contributed by atoms with Crippen LogP contribution in [0.3, 0.4) is 0 Å². The second-order valence-electron chi connectivity index (χ2n) is 4.24. The number of halogens is 3. The van der Waals surface area contributed by atoms with E-state index < -0.39 is 17.2 Å². The van der Waals surface area contributed by atoms with Crippen molar-refractivity contribution >= 4 is 18.1 Å². The predicted octanol–water partition coefficient (Wildman–Crippen LogP) is 2.55. The molecule has 0 amide bonds. The standard InChI is InChI=1S/C10H13ClF2O3/c1-9(2)6(8(9)16-5-14)4-7(11)10(12,13)15-3/h4-6,8H,1-3H3/b7-4-. The summed E-state index contributed by atoms with van der Waals surface area (Å²) in [6.07, 6.45) is -2.73. The fourth-order valence-electron chi connectivity index (χ4n) is 1.60. The number of methoxy groups -OCH3 is 1. The molecular formula is C10H13ClF2O3. The van der Waals surface area contributed by atoms with E-state index in [0.717, 1.165) is 7.11 Å². The fraction of sp³-hybridized carbons (Fsp3) is 0.700. The molecule has 2 atom stereocenters. The molecule has 0 aromatic heterocycles. The van der Waals surface area contributed by atoms with Crippen molar-refractivity contribution in [2.45, 2.75) is 26.1 Å². The van der Waals surface area contributed by atoms with Crippen molar-refractivity contribution < 1.29 is 23.0 Å². The summed E-state index contributed by atoms with van der Waals surface area (Å²) in [7, 11) is 0.869. The molecule has 1 rings (SSSR count). The minimum Gasteiger partial charge on any atom is -0.463 e. The van der Waals surface area contributed by atoms with Gasteiger partial charge in [0.05, 0.1) is 0 Å². The Labute approximate surface area is 97.4 Å². The number of ether oxygens (including phenoxy) is 2. The lowest BCUT2D eigenvalue weighted by atomic mass is 10.1. The Bertz CT molecular complexity index is 315. The molecule has 0 radical (unpaired) electrons. The van der Waals surface area contributed by atoms with Gasteiger partial charge < -0.3 is 9.47 Å². The Morgan fingerprint density at radius 2 is 2.06 bits per heavy atom. The van der Waals surface area contributed by atoms with Crippen LogP contribution < -0.4 is 0 Å². The number of alkyl halides is 2. The summed E-state index contributed by atoms with van der Waals surface area (Å²) in [5, 5.41) is -0.690. The van der Waals surface area contributed by atoms with Crippen LogP contribution >= 0.6 is 11.6 Å². The smallest absolute Gasteiger partial charge is 0.393 e. The minimum atomic E-state index is -3.49. The van der Waals surface area contributed by atoms with Crippen LogP contribution in [0, 0.1) is 11.3 Å². The van der Waals surface area contributed by atoms with Gasteiger partial charge in [0.15, 0.2) is 0 Å². The van der Waals surface area contributed by atoms with Crippen molar-refractivity contribution in [2.75, 3.05) is 7.11 Å². The van der Waals surface area contributed by atoms with E-state index in [-0.39, 0.29) is 11.3 Å². The van der Waals surface area contributed by atoms with Crippen molar-refractivity contribution in [3.05, 3.63) is 11.1 Å². The molecule has 0 aromatic carbocycles. The Balaban J connectivity index is 2.75. The van der Waals surface area contributed by atoms with Crippen LogP contribution in [0.25, 0.3) is 0 Å². The largest absolute Gasteiger partial charge is 0.463 e. The molecule has 16 heavy (non-hydrogen) atoms. The van der Waals surface area contributed by atoms with Crippen molar-refractivity contribution in [3.63, 3.8) is 0 Å². The zero-order chi connectivity index (χ0) is 12.6. The molecule has 6 heteroatoms. The van der Waals surface area contributed by atoms with Gasteiger partial charge in [-0.1, -0.05) is 31.5 Å². The molecule has 0 heterocycles. The molecule has 1 fully saturated rings. The van der Waals surface area contributed by atoms with E-state index in [2.05, 4.69) is 4.74 Å². The maximum Gasteiger partial charge on any atom is 0.393 e. The summed E-state index contributed by atoms with van der Waals surface area (Å²) in [4.78, 5) is 10.2. The quantitative estimate of drug-likeness (QED) is 0.708. The average molecular weight is 255 g/mol. The second-order valence-corrected chi connectivity index (χ2v) is 4.64. The second kappa shape index (κ2) is 4.30. The van der Waals surface area contributed by atoms with E-state index in [1.54, 1.807) is 13.8 Å². The summed E-state index contributed by atoms with van der Waals surface area (Å²) in [5.41, 5.74) is -0.370. The molecular weight excluding hydrogens is 242 g/mol. The molecule has 0 aliphatic heterocycles.